The van der Waals surface area contributed by atoms with Gasteiger partial charge in [0, 0.05) is 23.0 Å². The summed E-state index contributed by atoms with van der Waals surface area (Å²) in [4.78, 5) is 0. The first-order chi connectivity index (χ1) is 9.22. The maximum Gasteiger partial charge on any atom is 0.0408 e. The molecule has 0 unspecified atom stereocenters. The first kappa shape index (κ1) is 13.5. The van der Waals surface area contributed by atoms with Gasteiger partial charge in [0.15, 0.2) is 0 Å². The van der Waals surface area contributed by atoms with Crippen molar-refractivity contribution in [3.8, 4) is 0 Å². The molecule has 0 spiro atoms. The zero-order chi connectivity index (χ0) is 13.3. The quantitative estimate of drug-likeness (QED) is 0.805. The SMILES string of the molecule is CCCC1CC(CNC2CC2)(c2cccc(Cl)c2)C1. The van der Waals surface area contributed by atoms with Crippen LogP contribution in [0.25, 0.3) is 0 Å². The molecule has 1 aromatic carbocycles. The van der Waals surface area contributed by atoms with Crippen LogP contribution in [0.4, 0.5) is 0 Å². The molecule has 0 heterocycles. The third-order valence-electron chi connectivity index (χ3n) is 4.80. The number of benzene rings is 1. The summed E-state index contributed by atoms with van der Waals surface area (Å²) in [6, 6.07) is 9.32. The van der Waals surface area contributed by atoms with Crippen LogP contribution in [0.3, 0.4) is 0 Å². The lowest BCUT2D eigenvalue weighted by Crippen LogP contribution is -2.49. The summed E-state index contributed by atoms with van der Waals surface area (Å²) >= 11 is 6.18. The third-order valence-corrected chi connectivity index (χ3v) is 5.03. The second-order valence-corrected chi connectivity index (χ2v) is 6.95. The Kier molecular flexibility index (Phi) is 3.86. The molecule has 0 aliphatic heterocycles. The molecule has 2 aliphatic carbocycles. The molecule has 1 nitrogen and oxygen atoms in total. The van der Waals surface area contributed by atoms with E-state index in [4.69, 9.17) is 11.6 Å². The number of rotatable bonds is 6. The summed E-state index contributed by atoms with van der Waals surface area (Å²) in [5.74, 6) is 0.921. The van der Waals surface area contributed by atoms with E-state index in [1.54, 1.807) is 0 Å². The van der Waals surface area contributed by atoms with Crippen molar-refractivity contribution in [3.05, 3.63) is 34.9 Å². The molecular formula is C17H24ClN. The minimum Gasteiger partial charge on any atom is -0.313 e. The van der Waals surface area contributed by atoms with Crippen molar-refractivity contribution >= 4 is 11.6 Å². The van der Waals surface area contributed by atoms with E-state index in [-0.39, 0.29) is 0 Å². The Bertz CT molecular complexity index is 433. The van der Waals surface area contributed by atoms with Crippen molar-refractivity contribution < 1.29 is 0 Å². The Balaban J connectivity index is 1.72. The second-order valence-electron chi connectivity index (χ2n) is 6.51. The zero-order valence-corrected chi connectivity index (χ0v) is 12.5. The van der Waals surface area contributed by atoms with E-state index in [9.17, 15) is 0 Å². The van der Waals surface area contributed by atoms with Crippen LogP contribution in [0.15, 0.2) is 24.3 Å². The number of hydrogen-bond donors (Lipinski definition) is 1. The minimum atomic E-state index is 0.354. The van der Waals surface area contributed by atoms with Crippen molar-refractivity contribution in [1.29, 1.82) is 0 Å². The highest BCUT2D eigenvalue weighted by Crippen LogP contribution is 2.49. The van der Waals surface area contributed by atoms with Crippen molar-refractivity contribution in [2.45, 2.75) is 56.9 Å². The van der Waals surface area contributed by atoms with E-state index < -0.39 is 0 Å². The van der Waals surface area contributed by atoms with Gasteiger partial charge in [-0.15, -0.1) is 0 Å². The first-order valence-electron chi connectivity index (χ1n) is 7.71. The van der Waals surface area contributed by atoms with Gasteiger partial charge in [-0.3, -0.25) is 0 Å². The monoisotopic (exact) mass is 277 g/mol. The van der Waals surface area contributed by atoms with Gasteiger partial charge >= 0.3 is 0 Å². The fourth-order valence-electron chi connectivity index (χ4n) is 3.59. The fraction of sp³-hybridized carbons (Fsp3) is 0.647. The minimum absolute atomic E-state index is 0.354. The van der Waals surface area contributed by atoms with Gasteiger partial charge in [0.05, 0.1) is 0 Å². The molecule has 1 aromatic rings. The molecule has 2 fully saturated rings. The molecule has 19 heavy (non-hydrogen) atoms. The summed E-state index contributed by atoms with van der Waals surface area (Å²) in [6.07, 6.45) is 8.09. The molecule has 3 rings (SSSR count). The van der Waals surface area contributed by atoms with E-state index in [1.807, 2.05) is 6.07 Å². The molecule has 2 aliphatic rings. The summed E-state index contributed by atoms with van der Waals surface area (Å²) in [6.45, 7) is 3.43. The first-order valence-corrected chi connectivity index (χ1v) is 8.09. The average molecular weight is 278 g/mol. The topological polar surface area (TPSA) is 12.0 Å². The van der Waals surface area contributed by atoms with Crippen LogP contribution < -0.4 is 5.32 Å². The van der Waals surface area contributed by atoms with Crippen molar-refractivity contribution in [3.63, 3.8) is 0 Å². The Morgan fingerprint density at radius 1 is 1.32 bits per heavy atom. The zero-order valence-electron chi connectivity index (χ0n) is 11.8. The highest BCUT2D eigenvalue weighted by molar-refractivity contribution is 6.30. The highest BCUT2D eigenvalue weighted by atomic mass is 35.5. The predicted molar refractivity (Wildman–Crippen MR) is 81.8 cm³/mol. The number of halogens is 1. The molecule has 2 heteroatoms. The summed E-state index contributed by atoms with van der Waals surface area (Å²) in [5, 5.41) is 4.61. The second kappa shape index (κ2) is 5.46. The Hall–Kier alpha value is -0.530. The van der Waals surface area contributed by atoms with Crippen molar-refractivity contribution in [2.24, 2.45) is 5.92 Å². The van der Waals surface area contributed by atoms with E-state index in [2.05, 4.69) is 30.4 Å². The van der Waals surface area contributed by atoms with Crippen LogP contribution in [-0.4, -0.2) is 12.6 Å². The Morgan fingerprint density at radius 3 is 2.74 bits per heavy atom. The molecule has 0 saturated heterocycles. The lowest BCUT2D eigenvalue weighted by molar-refractivity contribution is 0.128. The number of hydrogen-bond acceptors (Lipinski definition) is 1. The van der Waals surface area contributed by atoms with Gasteiger partial charge in [-0.25, -0.2) is 0 Å². The van der Waals surface area contributed by atoms with E-state index >= 15 is 0 Å². The van der Waals surface area contributed by atoms with Gasteiger partial charge in [0.1, 0.15) is 0 Å². The summed E-state index contributed by atoms with van der Waals surface area (Å²) in [5.41, 5.74) is 1.80. The maximum absolute atomic E-state index is 6.18. The molecule has 2 saturated carbocycles. The molecule has 104 valence electrons. The fourth-order valence-corrected chi connectivity index (χ4v) is 3.78. The van der Waals surface area contributed by atoms with Crippen LogP contribution in [0, 0.1) is 5.92 Å². The van der Waals surface area contributed by atoms with Crippen LogP contribution in [0.5, 0.6) is 0 Å². The Labute approximate surface area is 121 Å². The molecule has 1 N–H and O–H groups in total. The molecule has 0 atom stereocenters. The van der Waals surface area contributed by atoms with Gasteiger partial charge in [-0.1, -0.05) is 43.5 Å². The van der Waals surface area contributed by atoms with Gasteiger partial charge in [-0.2, -0.15) is 0 Å². The van der Waals surface area contributed by atoms with Crippen LogP contribution in [0.2, 0.25) is 5.02 Å². The number of nitrogens with one attached hydrogen (secondary N) is 1. The van der Waals surface area contributed by atoms with E-state index in [0.29, 0.717) is 5.41 Å². The van der Waals surface area contributed by atoms with Gasteiger partial charge in [0.25, 0.3) is 0 Å². The molecule has 0 amide bonds. The summed E-state index contributed by atoms with van der Waals surface area (Å²) < 4.78 is 0. The third kappa shape index (κ3) is 2.98. The molecule has 0 aromatic heterocycles. The van der Waals surface area contributed by atoms with Crippen LogP contribution in [0.1, 0.15) is 51.0 Å². The largest absolute Gasteiger partial charge is 0.313 e. The van der Waals surface area contributed by atoms with Crippen LogP contribution >= 0.6 is 11.6 Å². The molecule has 0 bridgehead atoms. The molecular weight excluding hydrogens is 254 g/mol. The average Bonchev–Trinajstić information content (AvgIpc) is 3.16. The van der Waals surface area contributed by atoms with Gasteiger partial charge in [-0.05, 0) is 49.3 Å². The van der Waals surface area contributed by atoms with Gasteiger partial charge in [0.2, 0.25) is 0 Å². The standard InChI is InChI=1S/C17H24ClN/c1-2-4-13-10-17(11-13,12-19-16-7-8-16)14-5-3-6-15(18)9-14/h3,5-6,9,13,16,19H,2,4,7-8,10-12H2,1H3. The lowest BCUT2D eigenvalue weighted by Gasteiger charge is -2.49. The van der Waals surface area contributed by atoms with Crippen molar-refractivity contribution in [2.75, 3.05) is 6.54 Å². The van der Waals surface area contributed by atoms with Crippen LogP contribution in [-0.2, 0) is 5.41 Å². The van der Waals surface area contributed by atoms with E-state index in [1.165, 1.54) is 44.1 Å². The van der Waals surface area contributed by atoms with Gasteiger partial charge < -0.3 is 5.32 Å². The normalized spacial score (nSPS) is 30.1. The molecule has 0 radical (unpaired) electrons. The Morgan fingerprint density at radius 2 is 2.11 bits per heavy atom. The lowest BCUT2D eigenvalue weighted by atomic mass is 9.57. The smallest absolute Gasteiger partial charge is 0.0408 e. The van der Waals surface area contributed by atoms with Crippen molar-refractivity contribution in [1.82, 2.24) is 5.32 Å². The highest BCUT2D eigenvalue weighted by Gasteiger charge is 2.45. The summed E-state index contributed by atoms with van der Waals surface area (Å²) in [7, 11) is 0. The predicted octanol–water partition coefficient (Wildman–Crippen LogP) is 4.54. The van der Waals surface area contributed by atoms with E-state index in [0.717, 1.165) is 23.5 Å². The maximum atomic E-state index is 6.18.